The van der Waals surface area contributed by atoms with Gasteiger partial charge < -0.3 is 52.5 Å². The molecule has 382 valence electrons. The molecular formula is C63H64O11. The number of aliphatic hydroxyl groups is 1. The van der Waals surface area contributed by atoms with Crippen LogP contribution in [0.15, 0.2) is 212 Å². The van der Waals surface area contributed by atoms with Crippen molar-refractivity contribution in [1.82, 2.24) is 0 Å². The highest BCUT2D eigenvalue weighted by atomic mass is 16.7. The fourth-order valence-corrected chi connectivity index (χ4v) is 9.09. The summed E-state index contributed by atoms with van der Waals surface area (Å²) in [6.45, 7) is 1.46. The Labute approximate surface area is 434 Å². The zero-order chi connectivity index (χ0) is 50.6. The lowest BCUT2D eigenvalue weighted by Crippen LogP contribution is -2.67. The van der Waals surface area contributed by atoms with Gasteiger partial charge >= 0.3 is 0 Å². The van der Waals surface area contributed by atoms with E-state index in [4.69, 9.17) is 47.4 Å². The lowest BCUT2D eigenvalue weighted by molar-refractivity contribution is -0.348. The van der Waals surface area contributed by atoms with E-state index in [0.29, 0.717) is 0 Å². The summed E-state index contributed by atoms with van der Waals surface area (Å²) < 4.78 is 67.3. The Morgan fingerprint density at radius 2 is 0.743 bits per heavy atom. The van der Waals surface area contributed by atoms with Crippen LogP contribution in [0.1, 0.15) is 38.9 Å². The average Bonchev–Trinajstić information content (AvgIpc) is 3.46. The summed E-state index contributed by atoms with van der Waals surface area (Å²) in [4.78, 5) is 0. The van der Waals surface area contributed by atoms with E-state index in [1.165, 1.54) is 0 Å². The number of rotatable bonds is 23. The van der Waals surface area contributed by atoms with Gasteiger partial charge in [0.1, 0.15) is 42.7 Å². The van der Waals surface area contributed by atoms with Crippen molar-refractivity contribution in [2.24, 2.45) is 0 Å². The van der Waals surface area contributed by atoms with Crippen LogP contribution in [-0.2, 0) is 93.6 Å². The molecule has 11 heteroatoms. The molecule has 0 radical (unpaired) electrons. The molecule has 0 bridgehead atoms. The quantitative estimate of drug-likeness (QED) is 0.0619. The Bertz CT molecular complexity index is 2730. The predicted octanol–water partition coefficient (Wildman–Crippen LogP) is 10.2. The molecule has 10 atom stereocenters. The maximum atomic E-state index is 13.4. The molecule has 7 aromatic rings. The van der Waals surface area contributed by atoms with Crippen molar-refractivity contribution in [2.75, 3.05) is 13.7 Å². The van der Waals surface area contributed by atoms with E-state index >= 15 is 0 Å². The molecule has 0 aromatic heterocycles. The fourth-order valence-electron chi connectivity index (χ4n) is 9.09. The number of hydrogen-bond acceptors (Lipinski definition) is 11. The third-order valence-electron chi connectivity index (χ3n) is 12.9. The minimum Gasteiger partial charge on any atom is -0.374 e. The maximum Gasteiger partial charge on any atom is 0.261 e. The van der Waals surface area contributed by atoms with Crippen LogP contribution in [0.3, 0.4) is 0 Å². The molecule has 1 N–H and O–H groups in total. The van der Waals surface area contributed by atoms with Gasteiger partial charge in [-0.3, -0.25) is 0 Å². The third-order valence-corrected chi connectivity index (χ3v) is 12.9. The maximum absolute atomic E-state index is 13.4. The Kier molecular flexibility index (Phi) is 19.4. The van der Waals surface area contributed by atoms with Crippen molar-refractivity contribution in [1.29, 1.82) is 0 Å². The molecule has 2 heterocycles. The van der Waals surface area contributed by atoms with Crippen molar-refractivity contribution in [3.8, 4) is 11.8 Å². The smallest absolute Gasteiger partial charge is 0.261 e. The van der Waals surface area contributed by atoms with Crippen LogP contribution in [0.5, 0.6) is 0 Å². The van der Waals surface area contributed by atoms with Crippen LogP contribution < -0.4 is 0 Å². The highest BCUT2D eigenvalue weighted by molar-refractivity contribution is 5.25. The molecule has 2 fully saturated rings. The number of benzene rings is 7. The van der Waals surface area contributed by atoms with Crippen LogP contribution in [0.4, 0.5) is 0 Å². The second-order valence-corrected chi connectivity index (χ2v) is 18.3. The van der Waals surface area contributed by atoms with Gasteiger partial charge in [-0.15, -0.1) is 0 Å². The highest BCUT2D eigenvalue weighted by Crippen LogP contribution is 2.37. The summed E-state index contributed by atoms with van der Waals surface area (Å²) in [6.07, 6.45) is -8.42. The number of ether oxygens (including phenoxy) is 10. The van der Waals surface area contributed by atoms with Crippen LogP contribution in [0.25, 0.3) is 0 Å². The standard InChI is InChI=1S/C63H64O11/c1-65-62-60(71-44-52-33-19-7-20-34-52)58(69-42-50-29-15-5-16-30-50)56(67-40-48-25-11-3-12-26-48)54(73-62)37-38-63(64)61(72-45-53-35-21-8-22-36-53)59(70-43-51-31-17-6-18-32-51)57(68-41-49-27-13-4-14-28-49)55(74-63)46-66-39-47-23-9-2-10-24-47/h2-36,54-62,64H,39-46H2,1H3/t54-,55-,56-,57-,58+,59+,60-,61+,62+,63?/m1/s1. The van der Waals surface area contributed by atoms with Crippen LogP contribution in [0, 0.1) is 11.8 Å². The Morgan fingerprint density at radius 3 is 1.15 bits per heavy atom. The number of hydrogen-bond donors (Lipinski definition) is 1. The predicted molar refractivity (Wildman–Crippen MR) is 279 cm³/mol. The molecule has 74 heavy (non-hydrogen) atoms. The van der Waals surface area contributed by atoms with Gasteiger partial charge in [-0.05, 0) is 44.9 Å². The lowest BCUT2D eigenvalue weighted by atomic mass is 9.91. The first-order valence-corrected chi connectivity index (χ1v) is 25.2. The van der Waals surface area contributed by atoms with Crippen LogP contribution >= 0.6 is 0 Å². The van der Waals surface area contributed by atoms with Crippen molar-refractivity contribution < 1.29 is 52.5 Å². The van der Waals surface area contributed by atoms with Gasteiger partial charge in [-0.25, -0.2) is 0 Å². The van der Waals surface area contributed by atoms with E-state index < -0.39 is 60.9 Å². The summed E-state index contributed by atoms with van der Waals surface area (Å²) in [5, 5.41) is 13.4. The Balaban J connectivity index is 1.11. The number of methoxy groups -OCH3 is 1. The molecule has 11 nitrogen and oxygen atoms in total. The Morgan fingerprint density at radius 1 is 0.405 bits per heavy atom. The summed E-state index contributed by atoms with van der Waals surface area (Å²) >= 11 is 0. The van der Waals surface area contributed by atoms with E-state index in [0.717, 1.165) is 38.9 Å². The molecular weight excluding hydrogens is 933 g/mol. The molecule has 9 rings (SSSR count). The highest BCUT2D eigenvalue weighted by Gasteiger charge is 2.57. The lowest BCUT2D eigenvalue weighted by Gasteiger charge is -2.48. The fraction of sp³-hybridized carbons (Fsp3) is 0.302. The summed E-state index contributed by atoms with van der Waals surface area (Å²) in [5.41, 5.74) is 6.54. The molecule has 2 saturated heterocycles. The van der Waals surface area contributed by atoms with E-state index in [1.54, 1.807) is 7.11 Å². The van der Waals surface area contributed by atoms with Gasteiger partial charge in [0.25, 0.3) is 5.79 Å². The van der Waals surface area contributed by atoms with Crippen molar-refractivity contribution in [3.05, 3.63) is 251 Å². The molecule has 0 spiro atoms. The minimum absolute atomic E-state index is 0.0132. The van der Waals surface area contributed by atoms with Gasteiger partial charge in [0.15, 0.2) is 12.4 Å². The third kappa shape index (κ3) is 14.7. The summed E-state index contributed by atoms with van der Waals surface area (Å²) in [7, 11) is 1.56. The summed E-state index contributed by atoms with van der Waals surface area (Å²) in [6, 6.07) is 69.0. The molecule has 7 aromatic carbocycles. The van der Waals surface area contributed by atoms with E-state index in [1.807, 2.05) is 212 Å². The molecule has 0 saturated carbocycles. The van der Waals surface area contributed by atoms with Crippen molar-refractivity contribution in [3.63, 3.8) is 0 Å². The zero-order valence-corrected chi connectivity index (χ0v) is 41.6. The average molecular weight is 997 g/mol. The molecule has 0 aliphatic carbocycles. The van der Waals surface area contributed by atoms with Crippen molar-refractivity contribution >= 4 is 0 Å². The normalized spacial score (nSPS) is 24.6. The van der Waals surface area contributed by atoms with Crippen molar-refractivity contribution in [2.45, 2.75) is 107 Å². The molecule has 1 unspecified atom stereocenters. The van der Waals surface area contributed by atoms with Crippen LogP contribution in [-0.4, -0.2) is 79.7 Å². The zero-order valence-electron chi connectivity index (χ0n) is 41.6. The van der Waals surface area contributed by atoms with Gasteiger partial charge in [-0.2, -0.15) is 0 Å². The SMILES string of the molecule is CO[C@H]1O[C@H](C#CC2(O)O[C@H](COCc3ccccc3)[C@@H](OCc3ccccc3)[C@H](OCc3ccccc3)[C@@H]2OCc2ccccc2)[C@@H](OCc2ccccc2)[C@H](OCc2ccccc2)[C@H]1OCc1ccccc1. The van der Waals surface area contributed by atoms with E-state index in [2.05, 4.69) is 11.8 Å². The molecule has 2 aliphatic heterocycles. The first-order chi connectivity index (χ1) is 36.5. The second-order valence-electron chi connectivity index (χ2n) is 18.3. The molecule has 0 amide bonds. The van der Waals surface area contributed by atoms with Gasteiger partial charge in [-0.1, -0.05) is 218 Å². The van der Waals surface area contributed by atoms with Gasteiger partial charge in [0.2, 0.25) is 0 Å². The first kappa shape index (κ1) is 52.5. The van der Waals surface area contributed by atoms with E-state index in [-0.39, 0.29) is 52.9 Å². The minimum atomic E-state index is -2.35. The topological polar surface area (TPSA) is 113 Å². The second kappa shape index (κ2) is 27.3. The summed E-state index contributed by atoms with van der Waals surface area (Å²) in [5.74, 6) is 4.12. The first-order valence-electron chi connectivity index (χ1n) is 25.2. The largest absolute Gasteiger partial charge is 0.374 e. The van der Waals surface area contributed by atoms with E-state index in [9.17, 15) is 5.11 Å². The van der Waals surface area contributed by atoms with Gasteiger partial charge in [0, 0.05) is 7.11 Å². The monoisotopic (exact) mass is 996 g/mol. The van der Waals surface area contributed by atoms with Gasteiger partial charge in [0.05, 0.1) is 52.9 Å². The van der Waals surface area contributed by atoms with Crippen LogP contribution in [0.2, 0.25) is 0 Å². The Hall–Kier alpha value is -6.34. The molecule has 2 aliphatic rings.